The van der Waals surface area contributed by atoms with Gasteiger partial charge in [0.05, 0.1) is 17.8 Å². The third-order valence-electron chi connectivity index (χ3n) is 4.79. The molecule has 0 bridgehead atoms. The predicted molar refractivity (Wildman–Crippen MR) is 99.1 cm³/mol. The van der Waals surface area contributed by atoms with Crippen molar-refractivity contribution in [3.63, 3.8) is 0 Å². The maximum absolute atomic E-state index is 12.4. The Balaban J connectivity index is 1.80. The molecule has 2 aromatic heterocycles. The molecule has 25 heavy (non-hydrogen) atoms. The lowest BCUT2D eigenvalue weighted by atomic mass is 9.93. The molecule has 0 saturated carbocycles. The van der Waals surface area contributed by atoms with E-state index in [1.807, 2.05) is 16.7 Å². The normalized spacial score (nSPS) is 16.8. The van der Waals surface area contributed by atoms with Gasteiger partial charge in [-0.05, 0) is 37.3 Å². The molecule has 1 aliphatic carbocycles. The molecule has 2 N–H and O–H groups in total. The van der Waals surface area contributed by atoms with Crippen LogP contribution in [0.4, 0.5) is 0 Å². The molecule has 128 valence electrons. The number of pyridine rings is 1. The first-order valence-electron chi connectivity index (χ1n) is 8.42. The molecule has 0 saturated heterocycles. The molecular formula is C19H19N3O2S. The van der Waals surface area contributed by atoms with Crippen LogP contribution in [0, 0.1) is 5.92 Å². The lowest BCUT2D eigenvalue weighted by Crippen LogP contribution is -2.24. The number of primary amides is 1. The Kier molecular flexibility index (Phi) is 3.92. The molecule has 2 heterocycles. The predicted octanol–water partition coefficient (Wildman–Crippen LogP) is 2.73. The van der Waals surface area contributed by atoms with Crippen LogP contribution in [0.25, 0.3) is 10.9 Å². The van der Waals surface area contributed by atoms with E-state index < -0.39 is 5.91 Å². The summed E-state index contributed by atoms with van der Waals surface area (Å²) in [6, 6.07) is 7.30. The largest absolute Gasteiger partial charge is 0.365 e. The van der Waals surface area contributed by atoms with Gasteiger partial charge < -0.3 is 10.3 Å². The van der Waals surface area contributed by atoms with E-state index in [-0.39, 0.29) is 11.0 Å². The van der Waals surface area contributed by atoms with E-state index in [0.717, 1.165) is 23.4 Å². The Bertz CT molecular complexity index is 1030. The molecule has 3 aromatic rings. The summed E-state index contributed by atoms with van der Waals surface area (Å²) in [6.45, 7) is 2.81. The minimum Gasteiger partial charge on any atom is -0.365 e. The van der Waals surface area contributed by atoms with Gasteiger partial charge in [-0.15, -0.1) is 11.3 Å². The first-order chi connectivity index (χ1) is 12.0. The zero-order chi connectivity index (χ0) is 17.6. The van der Waals surface area contributed by atoms with Gasteiger partial charge >= 0.3 is 0 Å². The van der Waals surface area contributed by atoms with E-state index in [2.05, 4.69) is 6.92 Å². The highest BCUT2D eigenvalue weighted by Gasteiger charge is 2.20. The highest BCUT2D eigenvalue weighted by molar-refractivity contribution is 7.11. The van der Waals surface area contributed by atoms with Crippen molar-refractivity contribution in [3.05, 3.63) is 61.8 Å². The molecule has 1 amide bonds. The van der Waals surface area contributed by atoms with Crippen molar-refractivity contribution < 1.29 is 4.79 Å². The van der Waals surface area contributed by atoms with Crippen LogP contribution in [-0.4, -0.2) is 15.5 Å². The Morgan fingerprint density at radius 2 is 2.20 bits per heavy atom. The van der Waals surface area contributed by atoms with Crippen molar-refractivity contribution >= 4 is 28.1 Å². The summed E-state index contributed by atoms with van der Waals surface area (Å²) in [4.78, 5) is 30.3. The van der Waals surface area contributed by atoms with E-state index in [1.54, 1.807) is 29.7 Å². The quantitative estimate of drug-likeness (QED) is 0.786. The van der Waals surface area contributed by atoms with E-state index in [4.69, 9.17) is 10.7 Å². The van der Waals surface area contributed by atoms with Crippen LogP contribution in [0.5, 0.6) is 0 Å². The molecule has 6 heteroatoms. The zero-order valence-electron chi connectivity index (χ0n) is 14.0. The number of fused-ring (bicyclic) bond motifs is 2. The summed E-state index contributed by atoms with van der Waals surface area (Å²) in [5, 5.41) is 1.51. The first kappa shape index (κ1) is 16.0. The lowest BCUT2D eigenvalue weighted by molar-refractivity contribution is 0.0999. The van der Waals surface area contributed by atoms with Gasteiger partial charge in [-0.1, -0.05) is 19.1 Å². The van der Waals surface area contributed by atoms with Gasteiger partial charge in [0.2, 0.25) is 5.43 Å². The van der Waals surface area contributed by atoms with E-state index in [9.17, 15) is 9.59 Å². The fourth-order valence-electron chi connectivity index (χ4n) is 3.46. The molecule has 1 atom stereocenters. The molecule has 1 unspecified atom stereocenters. The minimum absolute atomic E-state index is 0.0219. The van der Waals surface area contributed by atoms with E-state index >= 15 is 0 Å². The van der Waals surface area contributed by atoms with Crippen LogP contribution < -0.4 is 11.2 Å². The Labute approximate surface area is 149 Å². The molecule has 4 rings (SSSR count). The smallest absolute Gasteiger partial charge is 0.254 e. The van der Waals surface area contributed by atoms with E-state index in [0.29, 0.717) is 17.8 Å². The molecule has 0 radical (unpaired) electrons. The Morgan fingerprint density at radius 1 is 1.40 bits per heavy atom. The number of amides is 1. The zero-order valence-corrected chi connectivity index (χ0v) is 14.8. The number of para-hydroxylation sites is 1. The SMILES string of the molecule is CC1CCc2nc(Cn3cc(C(N)=O)c(=O)c4ccccc43)sc2C1. The summed E-state index contributed by atoms with van der Waals surface area (Å²) >= 11 is 1.73. The van der Waals surface area contributed by atoms with Crippen LogP contribution >= 0.6 is 11.3 Å². The molecule has 1 aliphatic rings. The van der Waals surface area contributed by atoms with Crippen LogP contribution in [0.15, 0.2) is 35.3 Å². The number of hydrogen-bond acceptors (Lipinski definition) is 4. The number of carbonyl (C=O) groups is 1. The minimum atomic E-state index is -0.697. The van der Waals surface area contributed by atoms with Crippen LogP contribution in [0.1, 0.15) is 39.3 Å². The average Bonchev–Trinajstić information content (AvgIpc) is 2.98. The van der Waals surface area contributed by atoms with Crippen molar-refractivity contribution in [2.24, 2.45) is 11.7 Å². The maximum atomic E-state index is 12.4. The molecule has 0 fully saturated rings. The van der Waals surface area contributed by atoms with Crippen molar-refractivity contribution in [1.29, 1.82) is 0 Å². The number of carbonyl (C=O) groups excluding carboxylic acids is 1. The number of aryl methyl sites for hydroxylation is 1. The lowest BCUT2D eigenvalue weighted by Gasteiger charge is -2.15. The number of benzene rings is 1. The van der Waals surface area contributed by atoms with Crippen LogP contribution in [0.3, 0.4) is 0 Å². The fraction of sp³-hybridized carbons (Fsp3) is 0.316. The molecule has 0 aliphatic heterocycles. The van der Waals surface area contributed by atoms with Crippen LogP contribution in [-0.2, 0) is 19.4 Å². The first-order valence-corrected chi connectivity index (χ1v) is 9.24. The summed E-state index contributed by atoms with van der Waals surface area (Å²) in [6.07, 6.45) is 4.87. The second kappa shape index (κ2) is 6.11. The molecule has 1 aromatic carbocycles. The maximum Gasteiger partial charge on any atom is 0.254 e. The standard InChI is InChI=1S/C19H19N3O2S/c1-11-6-7-14-16(8-11)25-17(21-14)10-22-9-13(19(20)24)18(23)12-4-2-3-5-15(12)22/h2-5,9,11H,6-8,10H2,1H3,(H2,20,24). The molecule has 5 nitrogen and oxygen atoms in total. The van der Waals surface area contributed by atoms with Gasteiger partial charge in [0.1, 0.15) is 10.6 Å². The third kappa shape index (κ3) is 2.87. The summed E-state index contributed by atoms with van der Waals surface area (Å²) in [5.41, 5.74) is 7.10. The molecular weight excluding hydrogens is 334 g/mol. The number of nitrogens with zero attached hydrogens (tertiary/aromatic N) is 2. The van der Waals surface area contributed by atoms with Gasteiger partial charge in [-0.3, -0.25) is 9.59 Å². The van der Waals surface area contributed by atoms with Gasteiger partial charge in [-0.25, -0.2) is 4.98 Å². The van der Waals surface area contributed by atoms with Gasteiger partial charge in [-0.2, -0.15) is 0 Å². The number of thiazole rings is 1. The van der Waals surface area contributed by atoms with Gasteiger partial charge in [0.15, 0.2) is 0 Å². The van der Waals surface area contributed by atoms with Crippen molar-refractivity contribution in [2.45, 2.75) is 32.7 Å². The Hall–Kier alpha value is -2.47. The van der Waals surface area contributed by atoms with Gasteiger partial charge in [0, 0.05) is 16.5 Å². The topological polar surface area (TPSA) is 78.0 Å². The fourth-order valence-corrected chi connectivity index (χ4v) is 4.74. The summed E-state index contributed by atoms with van der Waals surface area (Å²) in [7, 11) is 0. The average molecular weight is 353 g/mol. The monoisotopic (exact) mass is 353 g/mol. The Morgan fingerprint density at radius 3 is 3.00 bits per heavy atom. The van der Waals surface area contributed by atoms with Gasteiger partial charge in [0.25, 0.3) is 5.91 Å². The summed E-state index contributed by atoms with van der Waals surface area (Å²) in [5.74, 6) is 0.00672. The van der Waals surface area contributed by atoms with E-state index in [1.165, 1.54) is 17.0 Å². The second-order valence-electron chi connectivity index (χ2n) is 6.71. The summed E-state index contributed by atoms with van der Waals surface area (Å²) < 4.78 is 1.91. The van der Waals surface area contributed by atoms with Crippen molar-refractivity contribution in [3.8, 4) is 0 Å². The number of nitrogens with two attached hydrogens (primary N) is 1. The highest BCUT2D eigenvalue weighted by atomic mass is 32.1. The molecule has 0 spiro atoms. The second-order valence-corrected chi connectivity index (χ2v) is 7.87. The van der Waals surface area contributed by atoms with Crippen molar-refractivity contribution in [1.82, 2.24) is 9.55 Å². The van der Waals surface area contributed by atoms with Crippen LogP contribution in [0.2, 0.25) is 0 Å². The highest BCUT2D eigenvalue weighted by Crippen LogP contribution is 2.30. The number of hydrogen-bond donors (Lipinski definition) is 1. The van der Waals surface area contributed by atoms with Crippen molar-refractivity contribution in [2.75, 3.05) is 0 Å². The third-order valence-corrected chi connectivity index (χ3v) is 5.89. The number of rotatable bonds is 3. The number of aromatic nitrogens is 2.